The van der Waals surface area contributed by atoms with Gasteiger partial charge in [0.05, 0.1) is 6.54 Å². The molecule has 6 heteroatoms. The van der Waals surface area contributed by atoms with Gasteiger partial charge in [0, 0.05) is 38.3 Å². The van der Waals surface area contributed by atoms with Crippen molar-refractivity contribution >= 4 is 11.8 Å². The number of benzene rings is 1. The number of hydrogen-bond donors (Lipinski definition) is 3. The van der Waals surface area contributed by atoms with E-state index in [4.69, 9.17) is 5.73 Å². The van der Waals surface area contributed by atoms with Crippen molar-refractivity contribution in [2.24, 2.45) is 5.73 Å². The molecule has 2 amide bonds. The monoisotopic (exact) mass is 304 g/mol. The van der Waals surface area contributed by atoms with Crippen molar-refractivity contribution in [3.05, 3.63) is 35.4 Å². The van der Waals surface area contributed by atoms with Gasteiger partial charge in [0.2, 0.25) is 5.91 Å². The molecule has 0 atom stereocenters. The Balaban J connectivity index is 1.79. The van der Waals surface area contributed by atoms with Gasteiger partial charge in [-0.3, -0.25) is 14.5 Å². The van der Waals surface area contributed by atoms with Crippen molar-refractivity contribution in [1.82, 2.24) is 15.5 Å². The molecule has 1 saturated heterocycles. The van der Waals surface area contributed by atoms with E-state index >= 15 is 0 Å². The summed E-state index contributed by atoms with van der Waals surface area (Å²) in [6, 6.07) is 7.53. The number of likely N-dealkylation sites (tertiary alicyclic amines) is 1. The third-order valence-electron chi connectivity index (χ3n) is 4.02. The minimum absolute atomic E-state index is 0.0301. The van der Waals surface area contributed by atoms with Crippen LogP contribution in [0.25, 0.3) is 0 Å². The Morgan fingerprint density at radius 3 is 2.41 bits per heavy atom. The number of amides is 2. The Bertz CT molecular complexity index is 507. The average Bonchev–Trinajstić information content (AvgIpc) is 2.56. The molecule has 0 radical (unpaired) electrons. The number of carbonyl (C=O) groups excluding carboxylic acids is 2. The summed E-state index contributed by atoms with van der Waals surface area (Å²) in [5.41, 5.74) is 7.22. The smallest absolute Gasteiger partial charge is 0.251 e. The highest BCUT2D eigenvalue weighted by Gasteiger charge is 2.22. The maximum atomic E-state index is 12.2. The topological polar surface area (TPSA) is 87.5 Å². The van der Waals surface area contributed by atoms with Crippen LogP contribution in [0.4, 0.5) is 0 Å². The van der Waals surface area contributed by atoms with Crippen LogP contribution < -0.4 is 16.4 Å². The van der Waals surface area contributed by atoms with Gasteiger partial charge in [-0.15, -0.1) is 0 Å². The predicted octanol–water partition coefficient (Wildman–Crippen LogP) is 0.0855. The molecule has 1 fully saturated rings. The average molecular weight is 304 g/mol. The van der Waals surface area contributed by atoms with Crippen molar-refractivity contribution in [1.29, 1.82) is 0 Å². The first-order valence-corrected chi connectivity index (χ1v) is 7.65. The molecule has 1 aromatic rings. The molecular formula is C16H24N4O2. The minimum Gasteiger partial charge on any atom is -0.358 e. The van der Waals surface area contributed by atoms with Crippen LogP contribution in [0.3, 0.4) is 0 Å². The second-order valence-electron chi connectivity index (χ2n) is 5.60. The second kappa shape index (κ2) is 7.91. The second-order valence-corrected chi connectivity index (χ2v) is 5.60. The van der Waals surface area contributed by atoms with Crippen molar-refractivity contribution < 1.29 is 9.59 Å². The molecule has 2 rings (SSSR count). The number of carbonyl (C=O) groups is 2. The van der Waals surface area contributed by atoms with E-state index in [2.05, 4.69) is 15.5 Å². The molecule has 0 bridgehead atoms. The summed E-state index contributed by atoms with van der Waals surface area (Å²) in [6.07, 6.45) is 1.73. The van der Waals surface area contributed by atoms with E-state index < -0.39 is 0 Å². The van der Waals surface area contributed by atoms with Gasteiger partial charge >= 0.3 is 0 Å². The van der Waals surface area contributed by atoms with E-state index in [-0.39, 0.29) is 17.9 Å². The highest BCUT2D eigenvalue weighted by molar-refractivity contribution is 5.94. The zero-order valence-corrected chi connectivity index (χ0v) is 13.0. The zero-order chi connectivity index (χ0) is 15.9. The van der Waals surface area contributed by atoms with Crippen LogP contribution in [-0.2, 0) is 11.3 Å². The number of rotatable bonds is 5. The fourth-order valence-corrected chi connectivity index (χ4v) is 2.58. The largest absolute Gasteiger partial charge is 0.358 e. The van der Waals surface area contributed by atoms with E-state index in [0.717, 1.165) is 31.5 Å². The van der Waals surface area contributed by atoms with Crippen molar-refractivity contribution in [2.45, 2.75) is 25.4 Å². The number of piperidine rings is 1. The highest BCUT2D eigenvalue weighted by atomic mass is 16.2. The van der Waals surface area contributed by atoms with Crippen molar-refractivity contribution in [3.8, 4) is 0 Å². The Morgan fingerprint density at radius 2 is 1.86 bits per heavy atom. The molecule has 1 heterocycles. The fraction of sp³-hybridized carbons (Fsp3) is 0.500. The van der Waals surface area contributed by atoms with Crippen molar-refractivity contribution in [3.63, 3.8) is 0 Å². The van der Waals surface area contributed by atoms with Crippen LogP contribution in [-0.4, -0.2) is 49.4 Å². The van der Waals surface area contributed by atoms with Gasteiger partial charge in [-0.05, 0) is 30.5 Å². The SMILES string of the molecule is CNC(=O)CN1CCC(NC(=O)c2ccc(CN)cc2)CC1. The van der Waals surface area contributed by atoms with E-state index in [1.54, 1.807) is 19.2 Å². The Kier molecular flexibility index (Phi) is 5.91. The van der Waals surface area contributed by atoms with Crippen LogP contribution >= 0.6 is 0 Å². The first-order valence-electron chi connectivity index (χ1n) is 7.65. The van der Waals surface area contributed by atoms with Crippen LogP contribution in [0, 0.1) is 0 Å². The maximum absolute atomic E-state index is 12.2. The third kappa shape index (κ3) is 4.54. The van der Waals surface area contributed by atoms with Gasteiger partial charge in [0.15, 0.2) is 0 Å². The highest BCUT2D eigenvalue weighted by Crippen LogP contribution is 2.11. The number of hydrogen-bond acceptors (Lipinski definition) is 4. The lowest BCUT2D eigenvalue weighted by molar-refractivity contribution is -0.122. The first-order chi connectivity index (χ1) is 10.6. The molecule has 6 nitrogen and oxygen atoms in total. The molecular weight excluding hydrogens is 280 g/mol. The third-order valence-corrected chi connectivity index (χ3v) is 4.02. The summed E-state index contributed by atoms with van der Waals surface area (Å²) in [7, 11) is 1.64. The van der Waals surface area contributed by atoms with E-state index in [1.807, 2.05) is 12.1 Å². The fourth-order valence-electron chi connectivity index (χ4n) is 2.58. The van der Waals surface area contributed by atoms with Crippen LogP contribution in [0.15, 0.2) is 24.3 Å². The van der Waals surface area contributed by atoms with Crippen LogP contribution in [0.1, 0.15) is 28.8 Å². The summed E-state index contributed by atoms with van der Waals surface area (Å²) in [6.45, 7) is 2.55. The molecule has 22 heavy (non-hydrogen) atoms. The van der Waals surface area contributed by atoms with Crippen LogP contribution in [0.5, 0.6) is 0 Å². The van der Waals surface area contributed by atoms with Gasteiger partial charge in [-0.25, -0.2) is 0 Å². The van der Waals surface area contributed by atoms with E-state index in [1.165, 1.54) is 0 Å². The molecule has 1 aliphatic heterocycles. The lowest BCUT2D eigenvalue weighted by Gasteiger charge is -2.31. The molecule has 1 aromatic carbocycles. The maximum Gasteiger partial charge on any atom is 0.251 e. The van der Waals surface area contributed by atoms with Crippen molar-refractivity contribution in [2.75, 3.05) is 26.7 Å². The Labute approximate surface area is 131 Å². The molecule has 4 N–H and O–H groups in total. The lowest BCUT2D eigenvalue weighted by atomic mass is 10.0. The molecule has 0 spiro atoms. The molecule has 1 aliphatic rings. The van der Waals surface area contributed by atoms with Gasteiger partial charge in [-0.2, -0.15) is 0 Å². The molecule has 0 unspecified atom stereocenters. The molecule has 0 aliphatic carbocycles. The van der Waals surface area contributed by atoms with E-state index in [9.17, 15) is 9.59 Å². The van der Waals surface area contributed by atoms with Gasteiger partial charge in [0.25, 0.3) is 5.91 Å². The summed E-state index contributed by atoms with van der Waals surface area (Å²) < 4.78 is 0. The summed E-state index contributed by atoms with van der Waals surface area (Å²) in [4.78, 5) is 25.7. The number of nitrogens with zero attached hydrogens (tertiary/aromatic N) is 1. The Hall–Kier alpha value is -1.92. The first kappa shape index (κ1) is 16.5. The standard InChI is InChI=1S/C16H24N4O2/c1-18-15(21)11-20-8-6-14(7-9-20)19-16(22)13-4-2-12(10-17)3-5-13/h2-5,14H,6-11,17H2,1H3,(H,18,21)(H,19,22). The lowest BCUT2D eigenvalue weighted by Crippen LogP contribution is -2.47. The quantitative estimate of drug-likeness (QED) is 0.719. The zero-order valence-electron chi connectivity index (χ0n) is 13.0. The summed E-state index contributed by atoms with van der Waals surface area (Å²) in [5.74, 6) is -0.0178. The van der Waals surface area contributed by atoms with Gasteiger partial charge in [-0.1, -0.05) is 12.1 Å². The normalized spacial score (nSPS) is 16.3. The predicted molar refractivity (Wildman–Crippen MR) is 85.3 cm³/mol. The molecule has 120 valence electrons. The summed E-state index contributed by atoms with van der Waals surface area (Å²) >= 11 is 0. The van der Waals surface area contributed by atoms with E-state index in [0.29, 0.717) is 18.7 Å². The summed E-state index contributed by atoms with van der Waals surface area (Å²) in [5, 5.41) is 5.69. The molecule has 0 aromatic heterocycles. The number of nitrogens with two attached hydrogens (primary N) is 1. The minimum atomic E-state index is -0.0478. The van der Waals surface area contributed by atoms with Gasteiger partial charge in [0.1, 0.15) is 0 Å². The Morgan fingerprint density at radius 1 is 1.23 bits per heavy atom. The van der Waals surface area contributed by atoms with Gasteiger partial charge < -0.3 is 16.4 Å². The molecule has 0 saturated carbocycles. The number of nitrogens with one attached hydrogen (secondary N) is 2. The van der Waals surface area contributed by atoms with Crippen LogP contribution in [0.2, 0.25) is 0 Å². The number of likely N-dealkylation sites (N-methyl/N-ethyl adjacent to an activating group) is 1.